The highest BCUT2D eigenvalue weighted by Crippen LogP contribution is 2.26. The number of hydrogen-bond acceptors (Lipinski definition) is 5. The molecule has 0 saturated carbocycles. The van der Waals surface area contributed by atoms with Crippen LogP contribution >= 0.6 is 0 Å². The Morgan fingerprint density at radius 3 is 2.28 bits per heavy atom. The number of nitrogens with zero attached hydrogens (tertiary/aromatic N) is 4. The number of amides is 1. The Morgan fingerprint density at radius 2 is 1.80 bits per heavy atom. The molecule has 1 aromatic heterocycles. The number of sulfonamides is 1. The number of aryl methyl sites for hydroxylation is 1. The van der Waals surface area contributed by atoms with Crippen LogP contribution in [0.4, 0.5) is 0 Å². The molecular formula is C16H28N4O4S. The van der Waals surface area contributed by atoms with Gasteiger partial charge in [0, 0.05) is 38.8 Å². The van der Waals surface area contributed by atoms with E-state index in [0.717, 1.165) is 0 Å². The van der Waals surface area contributed by atoms with Gasteiger partial charge in [0.05, 0.1) is 11.4 Å². The molecule has 1 amide bonds. The van der Waals surface area contributed by atoms with E-state index < -0.39 is 10.0 Å². The highest BCUT2D eigenvalue weighted by molar-refractivity contribution is 7.89. The molecule has 0 bridgehead atoms. The Labute approximate surface area is 149 Å². The standard InChI is InChI=1S/C16H28N4O4S/c1-6-24-11-15(21)18-7-9-19(10-8-18)25(22,23)16-13(4)17-20(12(2)3)14(16)5/h12H,6-11H2,1-5H3. The molecule has 1 fully saturated rings. The van der Waals surface area contributed by atoms with Gasteiger partial charge in [-0.25, -0.2) is 8.42 Å². The van der Waals surface area contributed by atoms with E-state index in [4.69, 9.17) is 4.74 Å². The molecule has 25 heavy (non-hydrogen) atoms. The molecule has 1 aliphatic heterocycles. The second-order valence-corrected chi connectivity index (χ2v) is 8.34. The average Bonchev–Trinajstić information content (AvgIpc) is 2.88. The van der Waals surface area contributed by atoms with Gasteiger partial charge < -0.3 is 9.64 Å². The summed E-state index contributed by atoms with van der Waals surface area (Å²) in [5, 5.41) is 4.38. The average molecular weight is 372 g/mol. The predicted molar refractivity (Wildman–Crippen MR) is 93.9 cm³/mol. The van der Waals surface area contributed by atoms with Crippen LogP contribution in [0.25, 0.3) is 0 Å². The molecule has 0 aliphatic carbocycles. The van der Waals surface area contributed by atoms with Gasteiger partial charge in [-0.1, -0.05) is 0 Å². The maximum atomic E-state index is 13.1. The number of carbonyl (C=O) groups is 1. The minimum absolute atomic E-state index is 0.0443. The summed E-state index contributed by atoms with van der Waals surface area (Å²) in [4.78, 5) is 13.9. The molecule has 142 valence electrons. The molecule has 9 heteroatoms. The summed E-state index contributed by atoms with van der Waals surface area (Å²) in [7, 11) is -3.62. The molecule has 0 spiro atoms. The van der Waals surface area contributed by atoms with Crippen molar-refractivity contribution in [2.45, 2.75) is 45.6 Å². The number of aromatic nitrogens is 2. The Morgan fingerprint density at radius 1 is 1.20 bits per heavy atom. The third-order valence-electron chi connectivity index (χ3n) is 4.37. The first-order valence-corrected chi connectivity index (χ1v) is 10.1. The van der Waals surface area contributed by atoms with E-state index in [1.807, 2.05) is 20.8 Å². The summed E-state index contributed by atoms with van der Waals surface area (Å²) in [6.45, 7) is 11.1. The number of piperazine rings is 1. The molecule has 0 unspecified atom stereocenters. The van der Waals surface area contributed by atoms with E-state index in [1.54, 1.807) is 23.4 Å². The largest absolute Gasteiger partial charge is 0.372 e. The second-order valence-electron chi connectivity index (χ2n) is 6.46. The third-order valence-corrected chi connectivity index (χ3v) is 6.52. The van der Waals surface area contributed by atoms with E-state index in [0.29, 0.717) is 31.1 Å². The second kappa shape index (κ2) is 7.84. The Bertz CT molecular complexity index is 719. The van der Waals surface area contributed by atoms with Crippen molar-refractivity contribution < 1.29 is 17.9 Å². The zero-order chi connectivity index (χ0) is 18.8. The van der Waals surface area contributed by atoms with E-state index in [1.165, 1.54) is 4.31 Å². The molecule has 1 aromatic rings. The Kier molecular flexibility index (Phi) is 6.23. The van der Waals surface area contributed by atoms with Gasteiger partial charge in [0.2, 0.25) is 15.9 Å². The third kappa shape index (κ3) is 4.04. The van der Waals surface area contributed by atoms with Crippen LogP contribution in [0.3, 0.4) is 0 Å². The fourth-order valence-electron chi connectivity index (χ4n) is 3.11. The van der Waals surface area contributed by atoms with E-state index in [-0.39, 0.29) is 36.5 Å². The molecule has 2 heterocycles. The summed E-state index contributed by atoms with van der Waals surface area (Å²) in [6, 6.07) is 0.0932. The maximum absolute atomic E-state index is 13.1. The summed E-state index contributed by atoms with van der Waals surface area (Å²) >= 11 is 0. The van der Waals surface area contributed by atoms with Gasteiger partial charge in [-0.2, -0.15) is 9.40 Å². The molecular weight excluding hydrogens is 344 g/mol. The molecule has 8 nitrogen and oxygen atoms in total. The fourth-order valence-corrected chi connectivity index (χ4v) is 4.89. The fraction of sp³-hybridized carbons (Fsp3) is 0.750. The van der Waals surface area contributed by atoms with Crippen LogP contribution in [0.5, 0.6) is 0 Å². The van der Waals surface area contributed by atoms with Crippen LogP contribution in [0.15, 0.2) is 4.90 Å². The van der Waals surface area contributed by atoms with Gasteiger partial charge >= 0.3 is 0 Å². The van der Waals surface area contributed by atoms with Gasteiger partial charge in [0.15, 0.2) is 0 Å². The van der Waals surface area contributed by atoms with Crippen LogP contribution in [-0.2, 0) is 19.6 Å². The topological polar surface area (TPSA) is 84.7 Å². The molecule has 2 rings (SSSR count). The summed E-state index contributed by atoms with van der Waals surface area (Å²) in [6.07, 6.45) is 0. The normalized spacial score (nSPS) is 16.6. The van der Waals surface area contributed by atoms with E-state index >= 15 is 0 Å². The van der Waals surface area contributed by atoms with Crippen LogP contribution in [0, 0.1) is 13.8 Å². The molecule has 0 N–H and O–H groups in total. The quantitative estimate of drug-likeness (QED) is 0.742. The van der Waals surface area contributed by atoms with Crippen molar-refractivity contribution in [1.29, 1.82) is 0 Å². The smallest absolute Gasteiger partial charge is 0.248 e. The van der Waals surface area contributed by atoms with Crippen molar-refractivity contribution in [3.05, 3.63) is 11.4 Å². The summed E-state index contributed by atoms with van der Waals surface area (Å²) in [5.41, 5.74) is 1.17. The number of carbonyl (C=O) groups excluding carboxylic acids is 1. The zero-order valence-corrected chi connectivity index (χ0v) is 16.5. The van der Waals surface area contributed by atoms with Crippen molar-refractivity contribution >= 4 is 15.9 Å². The lowest BCUT2D eigenvalue weighted by Gasteiger charge is -2.34. The van der Waals surface area contributed by atoms with Gasteiger partial charge in [-0.3, -0.25) is 9.48 Å². The van der Waals surface area contributed by atoms with Crippen LogP contribution < -0.4 is 0 Å². The van der Waals surface area contributed by atoms with Crippen LogP contribution in [0.2, 0.25) is 0 Å². The lowest BCUT2D eigenvalue weighted by Crippen LogP contribution is -2.51. The molecule has 1 saturated heterocycles. The first-order valence-electron chi connectivity index (χ1n) is 8.61. The Hall–Kier alpha value is -1.45. The molecule has 0 aromatic carbocycles. The van der Waals surface area contributed by atoms with Gasteiger partial charge in [-0.05, 0) is 34.6 Å². The van der Waals surface area contributed by atoms with Gasteiger partial charge in [-0.15, -0.1) is 0 Å². The number of ether oxygens (including phenoxy) is 1. The summed E-state index contributed by atoms with van der Waals surface area (Å²) in [5.74, 6) is -0.0983. The van der Waals surface area contributed by atoms with Gasteiger partial charge in [0.25, 0.3) is 0 Å². The van der Waals surface area contributed by atoms with Crippen molar-refractivity contribution in [2.24, 2.45) is 0 Å². The minimum Gasteiger partial charge on any atom is -0.372 e. The highest BCUT2D eigenvalue weighted by atomic mass is 32.2. The van der Waals surface area contributed by atoms with E-state index in [9.17, 15) is 13.2 Å². The van der Waals surface area contributed by atoms with Gasteiger partial charge in [0.1, 0.15) is 11.5 Å². The monoisotopic (exact) mass is 372 g/mol. The number of hydrogen-bond donors (Lipinski definition) is 0. The first kappa shape index (κ1) is 19.9. The molecule has 0 atom stereocenters. The van der Waals surface area contributed by atoms with Crippen molar-refractivity contribution in [3.8, 4) is 0 Å². The lowest BCUT2D eigenvalue weighted by atomic mass is 10.3. The zero-order valence-electron chi connectivity index (χ0n) is 15.7. The van der Waals surface area contributed by atoms with Crippen molar-refractivity contribution in [1.82, 2.24) is 19.0 Å². The van der Waals surface area contributed by atoms with E-state index in [2.05, 4.69) is 5.10 Å². The van der Waals surface area contributed by atoms with Crippen LogP contribution in [0.1, 0.15) is 38.2 Å². The highest BCUT2D eigenvalue weighted by Gasteiger charge is 2.34. The minimum atomic E-state index is -3.62. The van der Waals surface area contributed by atoms with Crippen molar-refractivity contribution in [2.75, 3.05) is 39.4 Å². The summed E-state index contributed by atoms with van der Waals surface area (Å²) < 4.78 is 34.4. The Balaban J connectivity index is 2.14. The SMILES string of the molecule is CCOCC(=O)N1CCN(S(=O)(=O)c2c(C)nn(C(C)C)c2C)CC1. The number of rotatable bonds is 6. The molecule has 0 radical (unpaired) electrons. The first-order chi connectivity index (χ1) is 11.7. The predicted octanol–water partition coefficient (Wildman–Crippen LogP) is 0.950. The lowest BCUT2D eigenvalue weighted by molar-refractivity contribution is -0.137. The van der Waals surface area contributed by atoms with Crippen molar-refractivity contribution in [3.63, 3.8) is 0 Å². The molecule has 1 aliphatic rings. The van der Waals surface area contributed by atoms with Crippen LogP contribution in [-0.4, -0.2) is 72.7 Å². The maximum Gasteiger partial charge on any atom is 0.248 e.